The van der Waals surface area contributed by atoms with Crippen LogP contribution >= 0.6 is 15.9 Å². The normalized spacial score (nSPS) is 11.6. The van der Waals surface area contributed by atoms with Gasteiger partial charge in [0.15, 0.2) is 5.69 Å². The van der Waals surface area contributed by atoms with E-state index in [1.807, 2.05) is 13.8 Å². The third-order valence-electron chi connectivity index (χ3n) is 3.18. The number of nitrogens with zero attached hydrogens (tertiary/aromatic N) is 1. The monoisotopic (exact) mass is 404 g/mol. The molecule has 2 rings (SSSR count). The van der Waals surface area contributed by atoms with Gasteiger partial charge in [-0.25, -0.2) is 0 Å². The molecule has 2 aromatic rings. The molecule has 0 atom stereocenters. The van der Waals surface area contributed by atoms with E-state index < -0.39 is 18.6 Å². The number of H-pyrrole nitrogens is 1. The summed E-state index contributed by atoms with van der Waals surface area (Å²) in [4.78, 5) is 12.4. The number of aromatic amines is 1. The number of amides is 1. The summed E-state index contributed by atoms with van der Waals surface area (Å²) in [6.45, 7) is 2.69. The van der Waals surface area contributed by atoms with E-state index in [4.69, 9.17) is 0 Å². The predicted octanol–water partition coefficient (Wildman–Crippen LogP) is 4.52. The molecule has 1 aromatic heterocycles. The van der Waals surface area contributed by atoms with Crippen molar-refractivity contribution in [3.8, 4) is 0 Å². The summed E-state index contributed by atoms with van der Waals surface area (Å²) in [6, 6.07) is 6.17. The van der Waals surface area contributed by atoms with Crippen molar-refractivity contribution in [2.45, 2.75) is 25.9 Å². The predicted molar refractivity (Wildman–Crippen MR) is 89.3 cm³/mol. The summed E-state index contributed by atoms with van der Waals surface area (Å²) in [5.41, 5.74) is 1.33. The van der Waals surface area contributed by atoms with Crippen LogP contribution < -0.4 is 10.6 Å². The first-order valence-electron chi connectivity index (χ1n) is 7.14. The van der Waals surface area contributed by atoms with Gasteiger partial charge in [0.05, 0.1) is 21.5 Å². The van der Waals surface area contributed by atoms with Crippen molar-refractivity contribution in [1.82, 2.24) is 10.2 Å². The molecular formula is C15H16BrF3N4O. The Balaban J connectivity index is 2.18. The van der Waals surface area contributed by atoms with Crippen LogP contribution in [-0.4, -0.2) is 28.8 Å². The van der Waals surface area contributed by atoms with Crippen LogP contribution in [0.15, 0.2) is 28.7 Å². The highest BCUT2D eigenvalue weighted by Gasteiger charge is 2.27. The van der Waals surface area contributed by atoms with Crippen LogP contribution in [0, 0.1) is 0 Å². The van der Waals surface area contributed by atoms with Crippen molar-refractivity contribution in [1.29, 1.82) is 0 Å². The fourth-order valence-corrected chi connectivity index (χ4v) is 2.81. The zero-order chi connectivity index (χ0) is 17.9. The topological polar surface area (TPSA) is 69.8 Å². The van der Waals surface area contributed by atoms with Gasteiger partial charge in [0.1, 0.15) is 6.54 Å². The lowest BCUT2D eigenvalue weighted by molar-refractivity contribution is -0.115. The number of carbonyl (C=O) groups excluding carboxylic acids is 1. The summed E-state index contributed by atoms with van der Waals surface area (Å²) in [7, 11) is 0. The summed E-state index contributed by atoms with van der Waals surface area (Å²) < 4.78 is 37.6. The van der Waals surface area contributed by atoms with Crippen LogP contribution in [0.4, 0.5) is 24.5 Å². The number of halogens is 4. The molecule has 0 saturated carbocycles. The van der Waals surface area contributed by atoms with Gasteiger partial charge in [0, 0.05) is 0 Å². The number of nitrogens with one attached hydrogen (secondary N) is 3. The minimum absolute atomic E-state index is 0.133. The molecule has 3 N–H and O–H groups in total. The van der Waals surface area contributed by atoms with Crippen LogP contribution in [0.25, 0.3) is 0 Å². The minimum Gasteiger partial charge on any atom is -0.375 e. The molecule has 0 bridgehead atoms. The number of anilines is 2. The molecule has 0 fully saturated rings. The van der Waals surface area contributed by atoms with E-state index in [2.05, 4.69) is 36.8 Å². The van der Waals surface area contributed by atoms with E-state index in [-0.39, 0.29) is 23.0 Å². The summed E-state index contributed by atoms with van der Waals surface area (Å²) >= 11 is 3.32. The fourth-order valence-electron chi connectivity index (χ4n) is 2.00. The lowest BCUT2D eigenvalue weighted by Crippen LogP contribution is -2.22. The van der Waals surface area contributed by atoms with E-state index in [1.165, 1.54) is 12.1 Å². The zero-order valence-electron chi connectivity index (χ0n) is 13.0. The molecule has 0 saturated heterocycles. The first-order valence-corrected chi connectivity index (χ1v) is 7.93. The number of alkyl halides is 3. The van der Waals surface area contributed by atoms with Crippen LogP contribution in [-0.2, 0) is 0 Å². The number of hydrogen-bond acceptors (Lipinski definition) is 3. The van der Waals surface area contributed by atoms with Gasteiger partial charge in [-0.1, -0.05) is 26.0 Å². The van der Waals surface area contributed by atoms with Gasteiger partial charge in [0.2, 0.25) is 0 Å². The summed E-state index contributed by atoms with van der Waals surface area (Å²) in [6.07, 6.45) is -4.35. The molecule has 0 spiro atoms. The molecule has 1 amide bonds. The van der Waals surface area contributed by atoms with Crippen LogP contribution in [0.1, 0.15) is 35.9 Å². The Hall–Kier alpha value is -2.03. The second-order valence-corrected chi connectivity index (χ2v) is 6.22. The Morgan fingerprint density at radius 2 is 1.92 bits per heavy atom. The maximum atomic E-state index is 12.4. The number of benzene rings is 1. The van der Waals surface area contributed by atoms with Gasteiger partial charge in [0.25, 0.3) is 5.91 Å². The standard InChI is InChI=1S/C15H16BrF3N4O/c1-8(2)12-11(16)13(23-22-12)14(24)21-10-6-4-3-5-9(10)20-7-15(17,18)19/h3-6,8,20H,7H2,1-2H3,(H,21,24)(H,22,23). The molecule has 0 radical (unpaired) electrons. The highest BCUT2D eigenvalue weighted by Crippen LogP contribution is 2.28. The Morgan fingerprint density at radius 3 is 2.46 bits per heavy atom. The van der Waals surface area contributed by atoms with E-state index in [0.717, 1.165) is 5.69 Å². The first kappa shape index (κ1) is 18.3. The zero-order valence-corrected chi connectivity index (χ0v) is 14.5. The van der Waals surface area contributed by atoms with Gasteiger partial charge in [-0.15, -0.1) is 0 Å². The summed E-state index contributed by atoms with van der Waals surface area (Å²) in [5.74, 6) is -0.388. The molecule has 5 nitrogen and oxygen atoms in total. The van der Waals surface area contributed by atoms with Gasteiger partial charge >= 0.3 is 6.18 Å². The van der Waals surface area contributed by atoms with Crippen molar-refractivity contribution in [2.75, 3.05) is 17.2 Å². The average molecular weight is 405 g/mol. The van der Waals surface area contributed by atoms with Crippen LogP contribution in [0.3, 0.4) is 0 Å². The average Bonchev–Trinajstić information content (AvgIpc) is 2.87. The van der Waals surface area contributed by atoms with Crippen molar-refractivity contribution in [3.05, 3.63) is 40.1 Å². The molecule has 0 unspecified atom stereocenters. The molecule has 0 aliphatic heterocycles. The maximum absolute atomic E-state index is 12.4. The Bertz CT molecular complexity index is 728. The minimum atomic E-state index is -4.35. The number of rotatable bonds is 5. The molecule has 9 heteroatoms. The van der Waals surface area contributed by atoms with E-state index in [0.29, 0.717) is 4.47 Å². The molecule has 1 aromatic carbocycles. The van der Waals surface area contributed by atoms with Crippen molar-refractivity contribution in [3.63, 3.8) is 0 Å². The van der Waals surface area contributed by atoms with Gasteiger partial charge < -0.3 is 10.6 Å². The third kappa shape index (κ3) is 4.50. The Morgan fingerprint density at radius 1 is 1.29 bits per heavy atom. The molecule has 0 aliphatic carbocycles. The van der Waals surface area contributed by atoms with Crippen molar-refractivity contribution >= 4 is 33.2 Å². The SMILES string of the molecule is CC(C)c1[nH]nc(C(=O)Nc2ccccc2NCC(F)(F)F)c1Br. The largest absolute Gasteiger partial charge is 0.405 e. The highest BCUT2D eigenvalue weighted by atomic mass is 79.9. The van der Waals surface area contributed by atoms with Crippen molar-refractivity contribution < 1.29 is 18.0 Å². The number of aromatic nitrogens is 2. The molecule has 130 valence electrons. The fraction of sp³-hybridized carbons (Fsp3) is 0.333. The first-order chi connectivity index (χ1) is 11.2. The Kier molecular flexibility index (Phi) is 5.53. The lowest BCUT2D eigenvalue weighted by atomic mass is 10.1. The number of hydrogen-bond donors (Lipinski definition) is 3. The number of para-hydroxylation sites is 2. The molecule has 24 heavy (non-hydrogen) atoms. The van der Waals surface area contributed by atoms with Crippen LogP contribution in [0.2, 0.25) is 0 Å². The van der Waals surface area contributed by atoms with E-state index in [9.17, 15) is 18.0 Å². The quantitative estimate of drug-likeness (QED) is 0.685. The van der Waals surface area contributed by atoms with Gasteiger partial charge in [-0.05, 0) is 34.0 Å². The Labute approximate surface area is 145 Å². The van der Waals surface area contributed by atoms with Gasteiger partial charge in [-0.3, -0.25) is 9.89 Å². The maximum Gasteiger partial charge on any atom is 0.405 e. The second kappa shape index (κ2) is 7.25. The number of carbonyl (C=O) groups is 1. The second-order valence-electron chi connectivity index (χ2n) is 5.42. The third-order valence-corrected chi connectivity index (χ3v) is 3.98. The molecule has 0 aliphatic rings. The van der Waals surface area contributed by atoms with Crippen LogP contribution in [0.5, 0.6) is 0 Å². The van der Waals surface area contributed by atoms with E-state index >= 15 is 0 Å². The summed E-state index contributed by atoms with van der Waals surface area (Å²) in [5, 5.41) is 11.6. The van der Waals surface area contributed by atoms with Gasteiger partial charge in [-0.2, -0.15) is 18.3 Å². The van der Waals surface area contributed by atoms with E-state index in [1.54, 1.807) is 12.1 Å². The van der Waals surface area contributed by atoms with Crippen molar-refractivity contribution in [2.24, 2.45) is 0 Å². The smallest absolute Gasteiger partial charge is 0.375 e. The highest BCUT2D eigenvalue weighted by molar-refractivity contribution is 9.10. The molecule has 1 heterocycles. The lowest BCUT2D eigenvalue weighted by Gasteiger charge is -2.14. The molecular weight excluding hydrogens is 389 g/mol.